The van der Waals surface area contributed by atoms with Gasteiger partial charge in [-0.05, 0) is 86.0 Å². The molecule has 0 aliphatic carbocycles. The monoisotopic (exact) mass is 520 g/mol. The van der Waals surface area contributed by atoms with Crippen molar-refractivity contribution in [3.05, 3.63) is 125 Å². The lowest BCUT2D eigenvalue weighted by Gasteiger charge is -2.33. The first-order valence-corrected chi connectivity index (χ1v) is 11.9. The fraction of sp³-hybridized carbons (Fsp3) is 0.194. The number of aliphatic hydroxyl groups is 1. The number of hydrogen-bond acceptors (Lipinski definition) is 4. The summed E-state index contributed by atoms with van der Waals surface area (Å²) in [6.07, 6.45) is -4.58. The highest BCUT2D eigenvalue weighted by Crippen LogP contribution is 2.46. The summed E-state index contributed by atoms with van der Waals surface area (Å²) >= 11 is 0. The number of phenols is 1. The summed E-state index contributed by atoms with van der Waals surface area (Å²) in [6, 6.07) is 23.8. The first kappa shape index (κ1) is 26.9. The third kappa shape index (κ3) is 5.43. The lowest BCUT2D eigenvalue weighted by atomic mass is 9.75. The van der Waals surface area contributed by atoms with Gasteiger partial charge in [-0.1, -0.05) is 48.5 Å². The summed E-state index contributed by atoms with van der Waals surface area (Å²) in [5, 5.41) is 19.6. The number of ether oxygens (including phenoxy) is 1. The van der Waals surface area contributed by atoms with Crippen molar-refractivity contribution in [3.8, 4) is 17.2 Å². The molecule has 0 saturated carbocycles. The average molecular weight is 521 g/mol. The van der Waals surface area contributed by atoms with Crippen molar-refractivity contribution < 1.29 is 32.9 Å². The predicted molar refractivity (Wildman–Crippen MR) is 139 cm³/mol. The zero-order valence-corrected chi connectivity index (χ0v) is 21.1. The second kappa shape index (κ2) is 9.99. The van der Waals surface area contributed by atoms with E-state index in [0.717, 1.165) is 6.92 Å². The number of alkyl halides is 3. The summed E-state index contributed by atoms with van der Waals surface area (Å²) in [5.74, 6) is 0.455. The molecule has 0 saturated heterocycles. The molecule has 4 nitrogen and oxygen atoms in total. The molecule has 7 heteroatoms. The van der Waals surface area contributed by atoms with Gasteiger partial charge >= 0.3 is 6.18 Å². The lowest BCUT2D eigenvalue weighted by molar-refractivity contribution is -0.173. The molecule has 196 valence electrons. The van der Waals surface area contributed by atoms with Gasteiger partial charge in [0.2, 0.25) is 0 Å². The first-order chi connectivity index (χ1) is 17.8. The zero-order chi connectivity index (χ0) is 27.7. The van der Waals surface area contributed by atoms with Crippen molar-refractivity contribution >= 4 is 5.78 Å². The van der Waals surface area contributed by atoms with Crippen LogP contribution < -0.4 is 4.74 Å². The lowest BCUT2D eigenvalue weighted by Crippen LogP contribution is -2.40. The van der Waals surface area contributed by atoms with Crippen LogP contribution in [0.25, 0.3) is 0 Å². The summed E-state index contributed by atoms with van der Waals surface area (Å²) < 4.78 is 48.4. The van der Waals surface area contributed by atoms with Crippen LogP contribution in [0.4, 0.5) is 13.2 Å². The number of halogens is 3. The summed E-state index contributed by atoms with van der Waals surface area (Å²) in [7, 11) is 0. The van der Waals surface area contributed by atoms with E-state index >= 15 is 0 Å². The Balaban J connectivity index is 1.50. The number of carbonyl (C=O) groups is 1. The number of carbonyl (C=O) groups excluding carboxylic acids is 1. The van der Waals surface area contributed by atoms with Gasteiger partial charge in [0.05, 0.1) is 5.60 Å². The Labute approximate surface area is 219 Å². The van der Waals surface area contributed by atoms with E-state index in [1.807, 2.05) is 0 Å². The highest BCUT2D eigenvalue weighted by atomic mass is 19.4. The molecule has 4 aromatic carbocycles. The van der Waals surface area contributed by atoms with Gasteiger partial charge in [-0.25, -0.2) is 0 Å². The second-order valence-corrected chi connectivity index (χ2v) is 9.79. The second-order valence-electron chi connectivity index (χ2n) is 9.79. The Bertz CT molecular complexity index is 1400. The minimum Gasteiger partial charge on any atom is -0.508 e. The molecule has 0 aliphatic heterocycles. The molecule has 4 aromatic rings. The van der Waals surface area contributed by atoms with Crippen LogP contribution in [0.15, 0.2) is 97.1 Å². The standard InChI is InChI=1S/C31H27F3O4/c1-29(2,37)22-8-4-20(5-9-22)28(36)21-6-16-26(17-7-21)38-27-18-12-24(13-19-27)30(3,31(32,33)34)23-10-14-25(35)15-11-23/h4-19,35,37H,1-3H3. The zero-order valence-electron chi connectivity index (χ0n) is 21.1. The summed E-state index contributed by atoms with van der Waals surface area (Å²) in [6.45, 7) is 4.44. The van der Waals surface area contributed by atoms with E-state index in [1.165, 1.54) is 48.5 Å². The number of hydrogen-bond donors (Lipinski definition) is 2. The fourth-order valence-electron chi connectivity index (χ4n) is 4.15. The predicted octanol–water partition coefficient (Wildman–Crippen LogP) is 7.51. The molecule has 0 bridgehead atoms. The van der Waals surface area contributed by atoms with Gasteiger partial charge in [0.1, 0.15) is 22.7 Å². The number of benzene rings is 4. The van der Waals surface area contributed by atoms with Gasteiger partial charge in [0.25, 0.3) is 0 Å². The number of rotatable bonds is 7. The van der Waals surface area contributed by atoms with E-state index in [9.17, 15) is 28.2 Å². The summed E-state index contributed by atoms with van der Waals surface area (Å²) in [4.78, 5) is 12.8. The molecule has 38 heavy (non-hydrogen) atoms. The third-order valence-electron chi connectivity index (χ3n) is 6.65. The van der Waals surface area contributed by atoms with Gasteiger partial charge in [0.15, 0.2) is 5.78 Å². The molecule has 1 unspecified atom stereocenters. The number of aromatic hydroxyl groups is 1. The van der Waals surface area contributed by atoms with E-state index in [4.69, 9.17) is 4.74 Å². The Morgan fingerprint density at radius 2 is 1.00 bits per heavy atom. The Hall–Kier alpha value is -4.10. The van der Waals surface area contributed by atoms with Crippen molar-refractivity contribution in [2.24, 2.45) is 0 Å². The van der Waals surface area contributed by atoms with Crippen LogP contribution in [0.2, 0.25) is 0 Å². The van der Waals surface area contributed by atoms with Gasteiger partial charge in [-0.3, -0.25) is 4.79 Å². The average Bonchev–Trinajstić information content (AvgIpc) is 2.88. The van der Waals surface area contributed by atoms with Crippen LogP contribution >= 0.6 is 0 Å². The highest BCUT2D eigenvalue weighted by molar-refractivity contribution is 6.09. The quantitative estimate of drug-likeness (QED) is 0.248. The molecule has 0 aromatic heterocycles. The Kier molecular flexibility index (Phi) is 7.08. The topological polar surface area (TPSA) is 66.8 Å². The van der Waals surface area contributed by atoms with Crippen LogP contribution in [0.3, 0.4) is 0 Å². The smallest absolute Gasteiger partial charge is 0.402 e. The number of phenolic OH excluding ortho intramolecular Hbond substituents is 1. The molecule has 2 N–H and O–H groups in total. The minimum absolute atomic E-state index is 0.00596. The van der Waals surface area contributed by atoms with E-state index in [-0.39, 0.29) is 22.7 Å². The van der Waals surface area contributed by atoms with Crippen molar-refractivity contribution in [1.29, 1.82) is 0 Å². The molecular weight excluding hydrogens is 493 g/mol. The van der Waals surface area contributed by atoms with E-state index < -0.39 is 17.2 Å². The van der Waals surface area contributed by atoms with Gasteiger partial charge in [0, 0.05) is 11.1 Å². The van der Waals surface area contributed by atoms with E-state index in [0.29, 0.717) is 28.2 Å². The Morgan fingerprint density at radius 3 is 1.42 bits per heavy atom. The van der Waals surface area contributed by atoms with Crippen LogP contribution in [-0.2, 0) is 11.0 Å². The van der Waals surface area contributed by atoms with Crippen molar-refractivity contribution in [2.75, 3.05) is 0 Å². The van der Waals surface area contributed by atoms with Crippen molar-refractivity contribution in [3.63, 3.8) is 0 Å². The van der Waals surface area contributed by atoms with Crippen LogP contribution in [0.5, 0.6) is 17.2 Å². The molecule has 4 rings (SSSR count). The molecule has 1 atom stereocenters. The van der Waals surface area contributed by atoms with Crippen molar-refractivity contribution in [1.82, 2.24) is 0 Å². The van der Waals surface area contributed by atoms with Gasteiger partial charge in [-0.15, -0.1) is 0 Å². The molecule has 0 radical (unpaired) electrons. The molecular formula is C31H27F3O4. The third-order valence-corrected chi connectivity index (χ3v) is 6.65. The van der Waals surface area contributed by atoms with Crippen LogP contribution in [-0.4, -0.2) is 22.2 Å². The molecule has 0 fully saturated rings. The SMILES string of the molecule is CC(C)(O)c1ccc(C(=O)c2ccc(Oc3ccc(C(C)(c4ccc(O)cc4)C(F)(F)F)cc3)cc2)cc1. The minimum atomic E-state index is -4.58. The molecule has 0 amide bonds. The fourth-order valence-corrected chi connectivity index (χ4v) is 4.15. The highest BCUT2D eigenvalue weighted by Gasteiger charge is 2.53. The molecule has 0 aliphatic rings. The maximum absolute atomic E-state index is 14.2. The van der Waals surface area contributed by atoms with E-state index in [1.54, 1.807) is 62.4 Å². The number of ketones is 1. The van der Waals surface area contributed by atoms with Gasteiger partial charge in [-0.2, -0.15) is 13.2 Å². The molecule has 0 spiro atoms. The van der Waals surface area contributed by atoms with E-state index in [2.05, 4.69) is 0 Å². The van der Waals surface area contributed by atoms with Crippen LogP contribution in [0, 0.1) is 0 Å². The molecule has 0 heterocycles. The largest absolute Gasteiger partial charge is 0.508 e. The maximum atomic E-state index is 14.2. The van der Waals surface area contributed by atoms with Crippen molar-refractivity contribution in [2.45, 2.75) is 38.0 Å². The normalized spacial score (nSPS) is 13.6. The first-order valence-electron chi connectivity index (χ1n) is 11.9. The van der Waals surface area contributed by atoms with Gasteiger partial charge < -0.3 is 14.9 Å². The Morgan fingerprint density at radius 1 is 0.632 bits per heavy atom. The van der Waals surface area contributed by atoms with Crippen LogP contribution in [0.1, 0.15) is 53.4 Å². The summed E-state index contributed by atoms with van der Waals surface area (Å²) in [5.41, 5.74) is -1.64. The maximum Gasteiger partial charge on any atom is 0.402 e.